The summed E-state index contributed by atoms with van der Waals surface area (Å²) in [6.45, 7) is 7.34. The van der Waals surface area contributed by atoms with Crippen LogP contribution in [0.5, 0.6) is 0 Å². The van der Waals surface area contributed by atoms with Crippen LogP contribution in [0.25, 0.3) is 10.9 Å². The fourth-order valence-corrected chi connectivity index (χ4v) is 4.87. The maximum absolute atomic E-state index is 13.4. The number of benzene rings is 2. The van der Waals surface area contributed by atoms with Crippen molar-refractivity contribution >= 4 is 10.9 Å². The minimum atomic E-state index is -0.352. The standard InChI is InChI=1S/C26H31N7O2/c1-19-7-6-10-21-17-22(26(34)27-23(19)21)24(25-28-29-30-33(25)15-16-35-2)32-13-11-31(12-14-32)18-20-8-4-3-5-9-20/h3-10,17,24H,11-16,18H2,1-2H3,(H,27,34)/t24-/m1/s1. The number of pyridine rings is 1. The van der Waals surface area contributed by atoms with Crippen LogP contribution in [0.2, 0.25) is 0 Å². The Balaban J connectivity index is 1.47. The average Bonchev–Trinajstić information content (AvgIpc) is 3.33. The molecular weight excluding hydrogens is 442 g/mol. The minimum Gasteiger partial charge on any atom is -0.383 e. The number of aromatic amines is 1. The van der Waals surface area contributed by atoms with Crippen LogP contribution in [-0.2, 0) is 17.8 Å². The summed E-state index contributed by atoms with van der Waals surface area (Å²) in [6.07, 6.45) is 0. The summed E-state index contributed by atoms with van der Waals surface area (Å²) >= 11 is 0. The number of tetrazole rings is 1. The number of piperazine rings is 1. The van der Waals surface area contributed by atoms with Crippen LogP contribution in [0, 0.1) is 6.92 Å². The van der Waals surface area contributed by atoms with Gasteiger partial charge in [-0.1, -0.05) is 48.5 Å². The molecule has 1 aliphatic rings. The highest BCUT2D eigenvalue weighted by Crippen LogP contribution is 2.28. The van der Waals surface area contributed by atoms with Crippen LogP contribution in [0.15, 0.2) is 59.4 Å². The summed E-state index contributed by atoms with van der Waals surface area (Å²) in [5.41, 5.74) is 3.77. The maximum atomic E-state index is 13.4. The zero-order valence-electron chi connectivity index (χ0n) is 20.2. The number of nitrogens with zero attached hydrogens (tertiary/aromatic N) is 6. The van der Waals surface area contributed by atoms with Gasteiger partial charge in [0.25, 0.3) is 5.56 Å². The number of H-pyrrole nitrogens is 1. The summed E-state index contributed by atoms with van der Waals surface area (Å²) in [5.74, 6) is 0.663. The fourth-order valence-electron chi connectivity index (χ4n) is 4.87. The van der Waals surface area contributed by atoms with Gasteiger partial charge in [0.2, 0.25) is 0 Å². The van der Waals surface area contributed by atoms with Gasteiger partial charge in [-0.25, -0.2) is 4.68 Å². The number of hydrogen-bond acceptors (Lipinski definition) is 7. The molecule has 4 aromatic rings. The SMILES string of the molecule is COCCn1nnnc1[C@@H](c1cc2cccc(C)c2[nH]c1=O)N1CCN(Cc2ccccc2)CC1. The Kier molecular flexibility index (Phi) is 6.98. The van der Waals surface area contributed by atoms with Gasteiger partial charge in [-0.05, 0) is 39.9 Å². The number of fused-ring (bicyclic) bond motifs is 1. The molecule has 3 heterocycles. The Morgan fingerprint density at radius 2 is 1.86 bits per heavy atom. The predicted octanol–water partition coefficient (Wildman–Crippen LogP) is 2.38. The number of aryl methyl sites for hydroxylation is 1. The molecule has 0 bridgehead atoms. The smallest absolute Gasteiger partial charge is 0.253 e. The first kappa shape index (κ1) is 23.3. The van der Waals surface area contributed by atoms with Crippen LogP contribution < -0.4 is 5.56 Å². The molecule has 0 saturated carbocycles. The number of rotatable bonds is 8. The molecule has 2 aromatic carbocycles. The second kappa shape index (κ2) is 10.5. The largest absolute Gasteiger partial charge is 0.383 e. The molecule has 0 aliphatic carbocycles. The molecule has 182 valence electrons. The van der Waals surface area contributed by atoms with Crippen molar-refractivity contribution in [1.82, 2.24) is 35.0 Å². The summed E-state index contributed by atoms with van der Waals surface area (Å²) in [6, 6.07) is 18.2. The van der Waals surface area contributed by atoms with E-state index < -0.39 is 0 Å². The van der Waals surface area contributed by atoms with Crippen molar-refractivity contribution in [2.24, 2.45) is 0 Å². The maximum Gasteiger partial charge on any atom is 0.253 e. The molecule has 35 heavy (non-hydrogen) atoms. The zero-order valence-corrected chi connectivity index (χ0v) is 20.2. The number of aromatic nitrogens is 5. The Hall–Kier alpha value is -3.40. The molecule has 1 saturated heterocycles. The highest BCUT2D eigenvalue weighted by atomic mass is 16.5. The first-order valence-corrected chi connectivity index (χ1v) is 12.0. The van der Waals surface area contributed by atoms with E-state index in [1.807, 2.05) is 37.3 Å². The highest BCUT2D eigenvalue weighted by molar-refractivity contribution is 5.82. The molecule has 1 fully saturated rings. The minimum absolute atomic E-state index is 0.107. The van der Waals surface area contributed by atoms with E-state index in [-0.39, 0.29) is 11.6 Å². The van der Waals surface area contributed by atoms with Crippen LogP contribution >= 0.6 is 0 Å². The van der Waals surface area contributed by atoms with E-state index in [0.717, 1.165) is 49.2 Å². The van der Waals surface area contributed by atoms with Crippen molar-refractivity contribution in [3.63, 3.8) is 0 Å². The second-order valence-corrected chi connectivity index (χ2v) is 9.05. The van der Waals surface area contributed by atoms with Crippen molar-refractivity contribution in [2.75, 3.05) is 39.9 Å². The number of hydrogen-bond donors (Lipinski definition) is 1. The lowest BCUT2D eigenvalue weighted by Crippen LogP contribution is -2.48. The molecule has 1 aliphatic heterocycles. The molecule has 0 unspecified atom stereocenters. The van der Waals surface area contributed by atoms with Crippen LogP contribution in [0.4, 0.5) is 0 Å². The lowest BCUT2D eigenvalue weighted by atomic mass is 10.0. The summed E-state index contributed by atoms with van der Waals surface area (Å²) < 4.78 is 7.02. The summed E-state index contributed by atoms with van der Waals surface area (Å²) in [4.78, 5) is 21.3. The van der Waals surface area contributed by atoms with Crippen molar-refractivity contribution in [3.05, 3.63) is 87.5 Å². The monoisotopic (exact) mass is 473 g/mol. The van der Waals surface area contributed by atoms with Crippen LogP contribution in [0.3, 0.4) is 0 Å². The van der Waals surface area contributed by atoms with E-state index in [9.17, 15) is 4.79 Å². The topological polar surface area (TPSA) is 92.2 Å². The number of methoxy groups -OCH3 is 1. The first-order chi connectivity index (χ1) is 17.1. The van der Waals surface area contributed by atoms with E-state index in [0.29, 0.717) is 24.5 Å². The third-order valence-electron chi connectivity index (χ3n) is 6.74. The van der Waals surface area contributed by atoms with Gasteiger partial charge in [-0.3, -0.25) is 14.6 Å². The van der Waals surface area contributed by atoms with E-state index in [1.165, 1.54) is 5.56 Å². The predicted molar refractivity (Wildman–Crippen MR) is 134 cm³/mol. The third kappa shape index (κ3) is 5.02. The van der Waals surface area contributed by atoms with Gasteiger partial charge >= 0.3 is 0 Å². The Morgan fingerprint density at radius 3 is 2.63 bits per heavy atom. The van der Waals surface area contributed by atoms with E-state index in [1.54, 1.807) is 11.8 Å². The Labute approximate surface area is 204 Å². The number of ether oxygens (including phenoxy) is 1. The molecule has 0 radical (unpaired) electrons. The molecule has 5 rings (SSSR count). The van der Waals surface area contributed by atoms with Crippen LogP contribution in [-0.4, -0.2) is 74.9 Å². The normalized spacial score (nSPS) is 16.1. The Morgan fingerprint density at radius 1 is 1.06 bits per heavy atom. The van der Waals surface area contributed by atoms with Gasteiger partial charge in [0.15, 0.2) is 5.82 Å². The van der Waals surface area contributed by atoms with Gasteiger partial charge < -0.3 is 9.72 Å². The lowest BCUT2D eigenvalue weighted by molar-refractivity contribution is 0.0984. The van der Waals surface area contributed by atoms with Crippen molar-refractivity contribution in [2.45, 2.75) is 26.1 Å². The van der Waals surface area contributed by atoms with Gasteiger partial charge in [-0.2, -0.15) is 0 Å². The molecule has 1 atom stereocenters. The fraction of sp³-hybridized carbons (Fsp3) is 0.385. The lowest BCUT2D eigenvalue weighted by Gasteiger charge is -2.38. The first-order valence-electron chi connectivity index (χ1n) is 12.0. The molecule has 2 aromatic heterocycles. The second-order valence-electron chi connectivity index (χ2n) is 9.05. The van der Waals surface area contributed by atoms with E-state index in [2.05, 4.69) is 54.6 Å². The Bertz CT molecular complexity index is 1330. The van der Waals surface area contributed by atoms with Crippen LogP contribution in [0.1, 0.15) is 28.6 Å². The molecule has 0 amide bonds. The van der Waals surface area contributed by atoms with E-state index in [4.69, 9.17) is 4.74 Å². The van der Waals surface area contributed by atoms with Crippen molar-refractivity contribution < 1.29 is 4.74 Å². The quantitative estimate of drug-likeness (QED) is 0.420. The van der Waals surface area contributed by atoms with Gasteiger partial charge in [-0.15, -0.1) is 5.10 Å². The molecule has 9 heteroatoms. The van der Waals surface area contributed by atoms with Gasteiger partial charge in [0.05, 0.1) is 18.7 Å². The van der Waals surface area contributed by atoms with E-state index >= 15 is 0 Å². The molecular formula is C26H31N7O2. The summed E-state index contributed by atoms with van der Waals surface area (Å²) in [7, 11) is 1.66. The van der Waals surface area contributed by atoms with Crippen molar-refractivity contribution in [1.29, 1.82) is 0 Å². The molecule has 1 N–H and O–H groups in total. The van der Waals surface area contributed by atoms with Gasteiger partial charge in [0, 0.05) is 45.4 Å². The van der Waals surface area contributed by atoms with Gasteiger partial charge in [0.1, 0.15) is 6.04 Å². The number of nitrogens with one attached hydrogen (secondary N) is 1. The molecule has 9 nitrogen and oxygen atoms in total. The average molecular weight is 474 g/mol. The molecule has 0 spiro atoms. The summed E-state index contributed by atoms with van der Waals surface area (Å²) in [5, 5.41) is 13.5. The number of para-hydroxylation sites is 1. The highest BCUT2D eigenvalue weighted by Gasteiger charge is 2.32. The van der Waals surface area contributed by atoms with Crippen molar-refractivity contribution in [3.8, 4) is 0 Å². The third-order valence-corrected chi connectivity index (χ3v) is 6.74. The zero-order chi connectivity index (χ0) is 24.2.